The molecule has 0 atom stereocenters. The molecule has 5 heteroatoms. The van der Waals surface area contributed by atoms with E-state index in [1.54, 1.807) is 6.07 Å². The Morgan fingerprint density at radius 3 is 2.72 bits per heavy atom. The number of nitrogens with zero attached hydrogens (tertiary/aromatic N) is 1. The van der Waals surface area contributed by atoms with E-state index in [0.29, 0.717) is 4.47 Å². The molecule has 94 valence electrons. The molecule has 2 rings (SSSR count). The molecule has 0 saturated carbocycles. The minimum Gasteiger partial charge on any atom is -0.294 e. The fraction of sp³-hybridized carbons (Fsp3) is 0.231. The molecule has 0 radical (unpaired) electrons. The number of aryl methyl sites for hydroxylation is 2. The van der Waals surface area contributed by atoms with Gasteiger partial charge >= 0.3 is 0 Å². The van der Waals surface area contributed by atoms with Crippen LogP contribution in [0.3, 0.4) is 0 Å². The van der Waals surface area contributed by atoms with Crippen molar-refractivity contribution < 1.29 is 9.18 Å². The third kappa shape index (κ3) is 2.84. The summed E-state index contributed by atoms with van der Waals surface area (Å²) in [6, 6.07) is 4.45. The van der Waals surface area contributed by atoms with Crippen LogP contribution in [-0.4, -0.2) is 10.8 Å². The number of hydrogen-bond acceptors (Lipinski definition) is 3. The Hall–Kier alpha value is -1.07. The predicted molar refractivity (Wildman–Crippen MR) is 73.7 cm³/mol. The van der Waals surface area contributed by atoms with Crippen LogP contribution in [0.15, 0.2) is 22.7 Å². The molecule has 0 amide bonds. The van der Waals surface area contributed by atoms with E-state index in [1.807, 2.05) is 13.8 Å². The number of benzene rings is 1. The Morgan fingerprint density at radius 1 is 1.44 bits per heavy atom. The number of halogens is 2. The summed E-state index contributed by atoms with van der Waals surface area (Å²) < 4.78 is 14.2. The normalized spacial score (nSPS) is 10.7. The fourth-order valence-corrected chi connectivity index (χ4v) is 2.83. The molecule has 0 saturated heterocycles. The second kappa shape index (κ2) is 5.28. The average Bonchev–Trinajstić information content (AvgIpc) is 2.57. The summed E-state index contributed by atoms with van der Waals surface area (Å²) >= 11 is 4.65. The minimum absolute atomic E-state index is 0.115. The van der Waals surface area contributed by atoms with Gasteiger partial charge in [-0.2, -0.15) is 0 Å². The Bertz CT molecular complexity index is 590. The predicted octanol–water partition coefficient (Wildman–Crippen LogP) is 4.09. The molecule has 0 bridgehead atoms. The largest absolute Gasteiger partial charge is 0.294 e. The van der Waals surface area contributed by atoms with Crippen LogP contribution >= 0.6 is 27.3 Å². The van der Waals surface area contributed by atoms with Crippen LogP contribution in [0.1, 0.15) is 25.9 Å². The monoisotopic (exact) mass is 327 g/mol. The molecule has 2 aromatic rings. The molecule has 0 aliphatic rings. The minimum atomic E-state index is -0.501. The van der Waals surface area contributed by atoms with Crippen LogP contribution in [0.25, 0.3) is 0 Å². The maximum Gasteiger partial charge on any atom is 0.172 e. The van der Waals surface area contributed by atoms with Crippen molar-refractivity contribution in [2.75, 3.05) is 0 Å². The number of Topliss-reactive ketones (excluding diaryl/α,β-unsaturated/α-hetero) is 1. The van der Waals surface area contributed by atoms with Crippen molar-refractivity contribution in [3.05, 3.63) is 49.6 Å². The van der Waals surface area contributed by atoms with Gasteiger partial charge in [-0.25, -0.2) is 9.37 Å². The van der Waals surface area contributed by atoms with E-state index in [9.17, 15) is 9.18 Å². The Kier molecular flexibility index (Phi) is 3.92. The van der Waals surface area contributed by atoms with Crippen LogP contribution in [-0.2, 0) is 6.42 Å². The van der Waals surface area contributed by atoms with E-state index in [4.69, 9.17) is 0 Å². The molecule has 1 aromatic heterocycles. The number of aromatic nitrogens is 1. The highest BCUT2D eigenvalue weighted by Gasteiger charge is 2.15. The molecule has 18 heavy (non-hydrogen) atoms. The third-order valence-electron chi connectivity index (χ3n) is 2.62. The van der Waals surface area contributed by atoms with E-state index in [0.717, 1.165) is 15.6 Å². The zero-order chi connectivity index (χ0) is 13.3. The number of thiazole rings is 1. The lowest BCUT2D eigenvalue weighted by atomic mass is 10.1. The third-order valence-corrected chi connectivity index (χ3v) is 4.18. The van der Waals surface area contributed by atoms with Crippen molar-refractivity contribution in [3.8, 4) is 0 Å². The quantitative estimate of drug-likeness (QED) is 0.795. The van der Waals surface area contributed by atoms with E-state index >= 15 is 0 Å². The lowest BCUT2D eigenvalue weighted by Gasteiger charge is -2.01. The van der Waals surface area contributed by atoms with Gasteiger partial charge in [0.1, 0.15) is 10.8 Å². The topological polar surface area (TPSA) is 30.0 Å². The van der Waals surface area contributed by atoms with Crippen LogP contribution < -0.4 is 0 Å². The zero-order valence-electron chi connectivity index (χ0n) is 9.96. The Balaban J connectivity index is 2.22. The molecule has 0 aliphatic carbocycles. The number of carbonyl (C=O) groups is 1. The van der Waals surface area contributed by atoms with E-state index in [2.05, 4.69) is 20.9 Å². The van der Waals surface area contributed by atoms with E-state index in [1.165, 1.54) is 23.5 Å². The first-order valence-electron chi connectivity index (χ1n) is 5.38. The van der Waals surface area contributed by atoms with Crippen molar-refractivity contribution in [2.24, 2.45) is 0 Å². The number of carbonyl (C=O) groups excluding carboxylic acids is 1. The van der Waals surface area contributed by atoms with Crippen molar-refractivity contribution >= 4 is 33.0 Å². The summed E-state index contributed by atoms with van der Waals surface area (Å²) in [4.78, 5) is 17.4. The maximum absolute atomic E-state index is 13.6. The van der Waals surface area contributed by atoms with Gasteiger partial charge in [0.2, 0.25) is 0 Å². The summed E-state index contributed by atoms with van der Waals surface area (Å²) in [7, 11) is 0. The molecule has 1 heterocycles. The van der Waals surface area contributed by atoms with Crippen molar-refractivity contribution in [1.82, 2.24) is 4.98 Å². The van der Waals surface area contributed by atoms with E-state index < -0.39 is 5.82 Å². The van der Waals surface area contributed by atoms with Crippen LogP contribution in [0.5, 0.6) is 0 Å². The van der Waals surface area contributed by atoms with Crippen molar-refractivity contribution in [2.45, 2.75) is 20.3 Å². The smallest absolute Gasteiger partial charge is 0.172 e. The highest BCUT2D eigenvalue weighted by Crippen LogP contribution is 2.20. The second-order valence-corrected chi connectivity index (χ2v) is 6.18. The van der Waals surface area contributed by atoms with Gasteiger partial charge in [0.25, 0.3) is 0 Å². The SMILES string of the molecule is Cc1nc(CC(=O)c2ccc(Br)cc2F)sc1C. The number of hydrogen-bond donors (Lipinski definition) is 0. The second-order valence-electron chi connectivity index (χ2n) is 3.97. The number of ketones is 1. The Morgan fingerprint density at radius 2 is 2.17 bits per heavy atom. The highest BCUT2D eigenvalue weighted by molar-refractivity contribution is 9.10. The molecule has 0 fully saturated rings. The first kappa shape index (κ1) is 13.4. The number of rotatable bonds is 3. The molecule has 0 unspecified atom stereocenters. The van der Waals surface area contributed by atoms with Gasteiger partial charge < -0.3 is 0 Å². The van der Waals surface area contributed by atoms with E-state index in [-0.39, 0.29) is 17.8 Å². The molecule has 1 aromatic carbocycles. The average molecular weight is 328 g/mol. The van der Waals surface area contributed by atoms with Gasteiger partial charge in [0.15, 0.2) is 5.78 Å². The van der Waals surface area contributed by atoms with Crippen molar-refractivity contribution in [3.63, 3.8) is 0 Å². The zero-order valence-corrected chi connectivity index (χ0v) is 12.4. The Labute approximate surface area is 117 Å². The van der Waals surface area contributed by atoms with Gasteiger partial charge in [-0.3, -0.25) is 4.79 Å². The summed E-state index contributed by atoms with van der Waals surface area (Å²) in [6.07, 6.45) is 0.151. The lowest BCUT2D eigenvalue weighted by Crippen LogP contribution is -2.06. The van der Waals surface area contributed by atoms with Gasteiger partial charge in [-0.1, -0.05) is 15.9 Å². The summed E-state index contributed by atoms with van der Waals surface area (Å²) in [5.41, 5.74) is 1.04. The molecular weight excluding hydrogens is 317 g/mol. The summed E-state index contributed by atoms with van der Waals surface area (Å²) in [5, 5.41) is 0.734. The standard InChI is InChI=1S/C13H11BrFNOS/c1-7-8(2)18-13(16-7)6-12(17)10-4-3-9(14)5-11(10)15/h3-5H,6H2,1-2H3. The maximum atomic E-state index is 13.6. The highest BCUT2D eigenvalue weighted by atomic mass is 79.9. The first-order valence-corrected chi connectivity index (χ1v) is 6.99. The fourth-order valence-electron chi connectivity index (χ4n) is 1.56. The van der Waals surface area contributed by atoms with Crippen LogP contribution in [0.2, 0.25) is 0 Å². The van der Waals surface area contributed by atoms with Crippen LogP contribution in [0.4, 0.5) is 4.39 Å². The molecular formula is C13H11BrFNOS. The lowest BCUT2D eigenvalue weighted by molar-refractivity contribution is 0.0989. The van der Waals surface area contributed by atoms with Gasteiger partial charge in [-0.15, -0.1) is 11.3 Å². The molecule has 0 N–H and O–H groups in total. The van der Waals surface area contributed by atoms with Crippen molar-refractivity contribution in [1.29, 1.82) is 0 Å². The van der Waals surface area contributed by atoms with Gasteiger partial charge in [0.05, 0.1) is 17.7 Å². The van der Waals surface area contributed by atoms with Crippen LogP contribution in [0, 0.1) is 19.7 Å². The summed E-state index contributed by atoms with van der Waals surface area (Å²) in [5.74, 6) is -0.742. The van der Waals surface area contributed by atoms with Gasteiger partial charge in [-0.05, 0) is 32.0 Å². The summed E-state index contributed by atoms with van der Waals surface area (Å²) in [6.45, 7) is 3.86. The first-order chi connectivity index (χ1) is 8.47. The molecule has 2 nitrogen and oxygen atoms in total. The molecule has 0 spiro atoms. The molecule has 0 aliphatic heterocycles. The van der Waals surface area contributed by atoms with Gasteiger partial charge in [0, 0.05) is 9.35 Å².